The third-order valence-electron chi connectivity index (χ3n) is 2.85. The van der Waals surface area contributed by atoms with Crippen LogP contribution in [0.2, 0.25) is 0 Å². The minimum absolute atomic E-state index is 0.171. The summed E-state index contributed by atoms with van der Waals surface area (Å²) in [6, 6.07) is 4.52. The van der Waals surface area contributed by atoms with E-state index in [-0.39, 0.29) is 11.7 Å². The maximum atomic E-state index is 13.6. The molecule has 1 aromatic rings. The van der Waals surface area contributed by atoms with Crippen molar-refractivity contribution in [2.45, 2.75) is 13.8 Å². The number of carbonyl (C=O) groups is 1. The van der Waals surface area contributed by atoms with Gasteiger partial charge in [0.25, 0.3) is 5.91 Å². The van der Waals surface area contributed by atoms with E-state index in [0.717, 1.165) is 0 Å². The lowest BCUT2D eigenvalue weighted by Gasteiger charge is -2.17. The van der Waals surface area contributed by atoms with E-state index in [1.54, 1.807) is 19.9 Å². The highest BCUT2D eigenvalue weighted by atomic mass is 19.1. The minimum atomic E-state index is -0.749. The summed E-state index contributed by atoms with van der Waals surface area (Å²) in [6.07, 6.45) is 0. The van der Waals surface area contributed by atoms with Crippen molar-refractivity contribution in [3.63, 3.8) is 0 Å². The van der Waals surface area contributed by atoms with E-state index in [1.165, 1.54) is 19.2 Å². The SMILES string of the molecule is COc1ccc(C2=NNC(=O)C2(C)C)cc1F. The molecule has 4 nitrogen and oxygen atoms in total. The predicted molar refractivity (Wildman–Crippen MR) is 61.4 cm³/mol. The predicted octanol–water partition coefficient (Wildman–Crippen LogP) is 1.69. The van der Waals surface area contributed by atoms with Crippen molar-refractivity contribution in [1.29, 1.82) is 0 Å². The van der Waals surface area contributed by atoms with Crippen molar-refractivity contribution in [1.82, 2.24) is 5.43 Å². The Kier molecular flexibility index (Phi) is 2.61. The molecule has 5 heteroatoms. The van der Waals surface area contributed by atoms with E-state index in [1.807, 2.05) is 0 Å². The molecule has 0 atom stereocenters. The first-order valence-corrected chi connectivity index (χ1v) is 5.19. The smallest absolute Gasteiger partial charge is 0.251 e. The summed E-state index contributed by atoms with van der Waals surface area (Å²) in [6.45, 7) is 3.49. The fourth-order valence-electron chi connectivity index (χ4n) is 1.73. The maximum absolute atomic E-state index is 13.6. The van der Waals surface area contributed by atoms with Gasteiger partial charge in [0.1, 0.15) is 0 Å². The molecule has 0 spiro atoms. The third kappa shape index (κ3) is 1.77. The van der Waals surface area contributed by atoms with Gasteiger partial charge in [-0.2, -0.15) is 5.10 Å². The number of amides is 1. The molecule has 0 unspecified atom stereocenters. The quantitative estimate of drug-likeness (QED) is 0.849. The summed E-state index contributed by atoms with van der Waals surface area (Å²) in [7, 11) is 1.40. The lowest BCUT2D eigenvalue weighted by Crippen LogP contribution is -2.32. The Morgan fingerprint density at radius 2 is 2.12 bits per heavy atom. The molecule has 90 valence electrons. The molecule has 0 aliphatic carbocycles. The average Bonchev–Trinajstić information content (AvgIpc) is 2.54. The van der Waals surface area contributed by atoms with Crippen LogP contribution in [0.5, 0.6) is 5.75 Å². The molecular weight excluding hydrogens is 223 g/mol. The van der Waals surface area contributed by atoms with Crippen molar-refractivity contribution in [3.05, 3.63) is 29.6 Å². The van der Waals surface area contributed by atoms with E-state index in [0.29, 0.717) is 11.3 Å². The Labute approximate surface area is 98.5 Å². The number of nitrogens with one attached hydrogen (secondary N) is 1. The topological polar surface area (TPSA) is 50.7 Å². The number of nitrogens with zero attached hydrogens (tertiary/aromatic N) is 1. The zero-order valence-corrected chi connectivity index (χ0v) is 9.87. The number of hydrazone groups is 1. The molecule has 2 rings (SSSR count). The summed E-state index contributed by atoms with van der Waals surface area (Å²) in [5.74, 6) is -0.490. The van der Waals surface area contributed by atoms with Crippen LogP contribution in [-0.4, -0.2) is 18.7 Å². The van der Waals surface area contributed by atoms with Crippen LogP contribution < -0.4 is 10.2 Å². The lowest BCUT2D eigenvalue weighted by atomic mass is 9.84. The number of methoxy groups -OCH3 is 1. The maximum Gasteiger partial charge on any atom is 0.251 e. The molecule has 0 saturated heterocycles. The molecule has 0 saturated carbocycles. The van der Waals surface area contributed by atoms with Gasteiger partial charge in [-0.1, -0.05) is 0 Å². The van der Waals surface area contributed by atoms with Gasteiger partial charge in [0.15, 0.2) is 11.6 Å². The van der Waals surface area contributed by atoms with E-state index in [9.17, 15) is 9.18 Å². The molecule has 0 radical (unpaired) electrons. The van der Waals surface area contributed by atoms with Crippen LogP contribution in [0, 0.1) is 11.2 Å². The molecule has 0 bridgehead atoms. The first-order valence-electron chi connectivity index (χ1n) is 5.19. The molecule has 0 fully saturated rings. The summed E-state index contributed by atoms with van der Waals surface area (Å²) in [5, 5.41) is 3.95. The van der Waals surface area contributed by atoms with Gasteiger partial charge in [-0.15, -0.1) is 0 Å². The first-order chi connectivity index (χ1) is 7.96. The van der Waals surface area contributed by atoms with Crippen LogP contribution in [0.25, 0.3) is 0 Å². The highest BCUT2D eigenvalue weighted by Crippen LogP contribution is 2.28. The Morgan fingerprint density at radius 1 is 1.41 bits per heavy atom. The van der Waals surface area contributed by atoms with Crippen molar-refractivity contribution in [3.8, 4) is 5.75 Å². The monoisotopic (exact) mass is 236 g/mol. The van der Waals surface area contributed by atoms with Gasteiger partial charge in [0.2, 0.25) is 0 Å². The zero-order chi connectivity index (χ0) is 12.6. The molecule has 1 heterocycles. The Hall–Kier alpha value is -1.91. The van der Waals surface area contributed by atoms with Gasteiger partial charge in [-0.3, -0.25) is 4.79 Å². The van der Waals surface area contributed by atoms with E-state index in [2.05, 4.69) is 10.5 Å². The van der Waals surface area contributed by atoms with Gasteiger partial charge in [-0.25, -0.2) is 9.82 Å². The Bertz CT molecular complexity index is 509. The van der Waals surface area contributed by atoms with Crippen LogP contribution >= 0.6 is 0 Å². The normalized spacial score (nSPS) is 17.6. The van der Waals surface area contributed by atoms with E-state index in [4.69, 9.17) is 4.74 Å². The minimum Gasteiger partial charge on any atom is -0.494 e. The van der Waals surface area contributed by atoms with Gasteiger partial charge < -0.3 is 4.74 Å². The van der Waals surface area contributed by atoms with Crippen LogP contribution in [0.3, 0.4) is 0 Å². The molecule has 17 heavy (non-hydrogen) atoms. The molecule has 0 aromatic heterocycles. The number of rotatable bonds is 2. The van der Waals surface area contributed by atoms with E-state index < -0.39 is 11.2 Å². The van der Waals surface area contributed by atoms with Crippen molar-refractivity contribution < 1.29 is 13.9 Å². The first kappa shape index (κ1) is 11.6. The second kappa shape index (κ2) is 3.84. The molecule has 1 aliphatic heterocycles. The van der Waals surface area contributed by atoms with Gasteiger partial charge in [-0.05, 0) is 32.0 Å². The van der Waals surface area contributed by atoms with E-state index >= 15 is 0 Å². The van der Waals surface area contributed by atoms with Crippen LogP contribution in [0.1, 0.15) is 19.4 Å². The molecule has 1 aliphatic rings. The highest BCUT2D eigenvalue weighted by molar-refractivity contribution is 6.19. The fraction of sp³-hybridized carbons (Fsp3) is 0.333. The summed E-state index contributed by atoms with van der Waals surface area (Å²) in [4.78, 5) is 11.5. The largest absolute Gasteiger partial charge is 0.494 e. The number of hydrogen-bond acceptors (Lipinski definition) is 3. The standard InChI is InChI=1S/C12H13FN2O2/c1-12(2)10(14-15-11(12)16)7-4-5-9(17-3)8(13)6-7/h4-6H,1-3H3,(H,15,16). The number of carbonyl (C=O) groups excluding carboxylic acids is 1. The zero-order valence-electron chi connectivity index (χ0n) is 9.87. The second-order valence-corrected chi connectivity index (χ2v) is 4.38. The van der Waals surface area contributed by atoms with Gasteiger partial charge >= 0.3 is 0 Å². The van der Waals surface area contributed by atoms with Crippen LogP contribution in [0.4, 0.5) is 4.39 Å². The second-order valence-electron chi connectivity index (χ2n) is 4.38. The summed E-state index contributed by atoms with van der Waals surface area (Å²) >= 11 is 0. The lowest BCUT2D eigenvalue weighted by molar-refractivity contribution is -0.125. The Morgan fingerprint density at radius 3 is 2.59 bits per heavy atom. The summed E-state index contributed by atoms with van der Waals surface area (Å²) < 4.78 is 18.4. The van der Waals surface area contributed by atoms with Crippen molar-refractivity contribution in [2.75, 3.05) is 7.11 Å². The van der Waals surface area contributed by atoms with Gasteiger partial charge in [0.05, 0.1) is 18.2 Å². The third-order valence-corrected chi connectivity index (χ3v) is 2.85. The van der Waals surface area contributed by atoms with Crippen molar-refractivity contribution >= 4 is 11.6 Å². The number of benzene rings is 1. The molecule has 1 N–H and O–H groups in total. The number of ether oxygens (including phenoxy) is 1. The molecular formula is C12H13FN2O2. The Balaban J connectivity index is 2.43. The van der Waals surface area contributed by atoms with Crippen LogP contribution in [0.15, 0.2) is 23.3 Å². The van der Waals surface area contributed by atoms with Crippen molar-refractivity contribution in [2.24, 2.45) is 10.5 Å². The fourth-order valence-corrected chi connectivity index (χ4v) is 1.73. The number of hydrogen-bond donors (Lipinski definition) is 1. The average molecular weight is 236 g/mol. The summed E-state index contributed by atoms with van der Waals surface area (Å²) in [5.41, 5.74) is 2.76. The van der Waals surface area contributed by atoms with Gasteiger partial charge in [0, 0.05) is 5.56 Å². The number of halogens is 1. The highest BCUT2D eigenvalue weighted by Gasteiger charge is 2.39. The molecule has 1 aromatic carbocycles. The molecule has 1 amide bonds. The van der Waals surface area contributed by atoms with Crippen LogP contribution in [-0.2, 0) is 4.79 Å².